The van der Waals surface area contributed by atoms with Gasteiger partial charge in [0.1, 0.15) is 0 Å². The van der Waals surface area contributed by atoms with E-state index in [0.717, 1.165) is 6.26 Å². The van der Waals surface area contributed by atoms with Crippen LogP contribution < -0.4 is 9.44 Å². The first-order valence-electron chi connectivity index (χ1n) is 11.4. The topological polar surface area (TPSA) is 147 Å². The molecule has 0 bridgehead atoms. The van der Waals surface area contributed by atoms with E-state index >= 15 is 0 Å². The summed E-state index contributed by atoms with van der Waals surface area (Å²) in [6.45, 7) is -0.108. The van der Waals surface area contributed by atoms with E-state index < -0.39 is 48.1 Å². The van der Waals surface area contributed by atoms with Gasteiger partial charge in [0.25, 0.3) is 0 Å². The molecule has 1 aliphatic heterocycles. The van der Waals surface area contributed by atoms with Gasteiger partial charge >= 0.3 is 0 Å². The standard InChI is InChI=1S/C23H27Cl2N3O7S3/c1-36(30,31)27-23(29)6-4-2-3-5-20-15-19(26-37(32,33)21-11-7-17(24)8-12-21)16-28(20)38(34,35)22-13-9-18(25)10-14-22/h3,5,7-14,19-20,26H,2,4,6,15-16H2,1H3,(H,27,29)/t19-,20-/m1/s1. The lowest BCUT2D eigenvalue weighted by Crippen LogP contribution is -2.39. The Labute approximate surface area is 233 Å². The third kappa shape index (κ3) is 8.50. The number of nitrogens with zero attached hydrogens (tertiary/aromatic N) is 1. The number of unbranched alkanes of at least 4 members (excludes halogenated alkanes) is 1. The molecule has 15 heteroatoms. The fraction of sp³-hybridized carbons (Fsp3) is 0.348. The van der Waals surface area contributed by atoms with Gasteiger partial charge in [0.05, 0.1) is 16.0 Å². The van der Waals surface area contributed by atoms with Gasteiger partial charge in [-0.2, -0.15) is 4.31 Å². The van der Waals surface area contributed by atoms with Gasteiger partial charge in [-0.25, -0.2) is 30.0 Å². The zero-order valence-electron chi connectivity index (χ0n) is 20.2. The molecule has 1 heterocycles. The highest BCUT2D eigenvalue weighted by Gasteiger charge is 2.40. The largest absolute Gasteiger partial charge is 0.274 e. The molecule has 2 aromatic carbocycles. The van der Waals surface area contributed by atoms with Crippen LogP contribution in [0, 0.1) is 0 Å². The molecule has 0 radical (unpaired) electrons. The lowest BCUT2D eigenvalue weighted by atomic mass is 10.1. The van der Waals surface area contributed by atoms with Crippen molar-refractivity contribution in [2.45, 2.75) is 47.6 Å². The molecular formula is C23H27Cl2N3O7S3. The van der Waals surface area contributed by atoms with E-state index in [1.54, 1.807) is 12.2 Å². The van der Waals surface area contributed by atoms with Gasteiger partial charge in [-0.05, 0) is 67.8 Å². The highest BCUT2D eigenvalue weighted by Crippen LogP contribution is 2.29. The van der Waals surface area contributed by atoms with Crippen molar-refractivity contribution in [2.24, 2.45) is 0 Å². The van der Waals surface area contributed by atoms with Crippen LogP contribution in [0.2, 0.25) is 10.0 Å². The smallest absolute Gasteiger partial charge is 0.243 e. The van der Waals surface area contributed by atoms with Gasteiger partial charge in [-0.1, -0.05) is 35.4 Å². The zero-order chi connectivity index (χ0) is 28.1. The lowest BCUT2D eigenvalue weighted by Gasteiger charge is -2.22. The van der Waals surface area contributed by atoms with Crippen LogP contribution in [0.5, 0.6) is 0 Å². The summed E-state index contributed by atoms with van der Waals surface area (Å²) in [4.78, 5) is 11.7. The molecule has 0 spiro atoms. The minimum atomic E-state index is -4.00. The van der Waals surface area contributed by atoms with Crippen molar-refractivity contribution in [3.8, 4) is 0 Å². The summed E-state index contributed by atoms with van der Waals surface area (Å²) in [5, 5.41) is 0.749. The van der Waals surface area contributed by atoms with Crippen LogP contribution in [-0.4, -0.2) is 60.3 Å². The van der Waals surface area contributed by atoms with E-state index in [4.69, 9.17) is 23.2 Å². The molecule has 10 nitrogen and oxygen atoms in total. The number of benzene rings is 2. The maximum Gasteiger partial charge on any atom is 0.243 e. The molecule has 2 aromatic rings. The SMILES string of the molecule is CS(=O)(=O)NC(=O)CCCC=C[C@@H]1C[C@@H](NS(=O)(=O)c2ccc(Cl)cc2)CN1S(=O)(=O)c1ccc(Cl)cc1. The second-order valence-corrected chi connectivity index (χ2v) is 14.9. The first-order chi connectivity index (χ1) is 17.7. The van der Waals surface area contributed by atoms with Gasteiger partial charge in [-0.3, -0.25) is 9.52 Å². The Morgan fingerprint density at radius 1 is 0.947 bits per heavy atom. The Kier molecular flexibility index (Phi) is 10.0. The van der Waals surface area contributed by atoms with E-state index in [0.29, 0.717) is 22.9 Å². The highest BCUT2D eigenvalue weighted by molar-refractivity contribution is 7.90. The molecule has 0 unspecified atom stereocenters. The third-order valence-corrected chi connectivity index (χ3v) is 10.1. The Hall–Kier alpha value is -2.00. The lowest BCUT2D eigenvalue weighted by molar-refractivity contribution is -0.119. The van der Waals surface area contributed by atoms with E-state index in [-0.39, 0.29) is 29.2 Å². The summed E-state index contributed by atoms with van der Waals surface area (Å²) >= 11 is 11.8. The van der Waals surface area contributed by atoms with Gasteiger partial charge in [0, 0.05) is 35.1 Å². The molecule has 208 valence electrons. The van der Waals surface area contributed by atoms with Crippen LogP contribution in [0.3, 0.4) is 0 Å². The maximum atomic E-state index is 13.4. The van der Waals surface area contributed by atoms with Crippen LogP contribution in [0.15, 0.2) is 70.5 Å². The number of hydrogen-bond acceptors (Lipinski definition) is 7. The van der Waals surface area contributed by atoms with Crippen molar-refractivity contribution in [2.75, 3.05) is 12.8 Å². The Morgan fingerprint density at radius 3 is 2.05 bits per heavy atom. The fourth-order valence-corrected chi connectivity index (χ4v) is 7.55. The van der Waals surface area contributed by atoms with Crippen LogP contribution >= 0.6 is 23.2 Å². The predicted octanol–water partition coefficient (Wildman–Crippen LogP) is 2.91. The number of allylic oxidation sites excluding steroid dienone is 1. The number of amides is 1. The maximum absolute atomic E-state index is 13.4. The summed E-state index contributed by atoms with van der Waals surface area (Å²) < 4.78 is 80.6. The number of rotatable bonds is 11. The summed E-state index contributed by atoms with van der Waals surface area (Å²) in [6, 6.07) is 9.90. The number of sulfonamides is 3. The third-order valence-electron chi connectivity index (χ3n) is 5.59. The summed E-state index contributed by atoms with van der Waals surface area (Å²) in [5.74, 6) is -0.634. The van der Waals surface area contributed by atoms with Crippen LogP contribution in [0.25, 0.3) is 0 Å². The second-order valence-electron chi connectivity index (χ2n) is 8.72. The first kappa shape index (κ1) is 30.5. The zero-order valence-corrected chi connectivity index (χ0v) is 24.2. The molecular weight excluding hydrogens is 597 g/mol. The molecule has 3 rings (SSSR count). The number of carbonyl (C=O) groups is 1. The Balaban J connectivity index is 1.76. The monoisotopic (exact) mass is 623 g/mol. The van der Waals surface area contributed by atoms with Crippen molar-refractivity contribution in [1.82, 2.24) is 13.7 Å². The van der Waals surface area contributed by atoms with E-state index in [1.807, 2.05) is 4.72 Å². The van der Waals surface area contributed by atoms with Crippen molar-refractivity contribution in [1.29, 1.82) is 0 Å². The number of carbonyl (C=O) groups excluding carboxylic acids is 1. The van der Waals surface area contributed by atoms with Crippen molar-refractivity contribution in [3.63, 3.8) is 0 Å². The number of nitrogens with one attached hydrogen (secondary N) is 2. The quantitative estimate of drug-likeness (QED) is 0.289. The van der Waals surface area contributed by atoms with E-state index in [1.165, 1.54) is 52.8 Å². The van der Waals surface area contributed by atoms with Crippen LogP contribution in [0.1, 0.15) is 25.7 Å². The molecule has 2 N–H and O–H groups in total. The first-order valence-corrected chi connectivity index (χ1v) is 17.0. The molecule has 2 atom stereocenters. The molecule has 0 aliphatic carbocycles. The van der Waals surface area contributed by atoms with Crippen LogP contribution in [0.4, 0.5) is 0 Å². The average Bonchev–Trinajstić information content (AvgIpc) is 3.21. The molecule has 0 saturated carbocycles. The molecule has 1 amide bonds. The highest BCUT2D eigenvalue weighted by atomic mass is 35.5. The summed E-state index contributed by atoms with van der Waals surface area (Å²) in [6.07, 6.45) is 5.09. The van der Waals surface area contributed by atoms with E-state index in [9.17, 15) is 30.0 Å². The van der Waals surface area contributed by atoms with Crippen LogP contribution in [-0.2, 0) is 34.9 Å². The second kappa shape index (κ2) is 12.5. The minimum Gasteiger partial charge on any atom is -0.274 e. The van der Waals surface area contributed by atoms with Gasteiger partial charge in [-0.15, -0.1) is 0 Å². The minimum absolute atomic E-state index is 0.000343. The van der Waals surface area contributed by atoms with Crippen molar-refractivity contribution in [3.05, 3.63) is 70.7 Å². The summed E-state index contributed by atoms with van der Waals surface area (Å²) in [5.41, 5.74) is 0. The van der Waals surface area contributed by atoms with Crippen molar-refractivity contribution < 1.29 is 30.0 Å². The molecule has 38 heavy (non-hydrogen) atoms. The molecule has 1 fully saturated rings. The molecule has 0 aromatic heterocycles. The molecule has 1 aliphatic rings. The van der Waals surface area contributed by atoms with Crippen molar-refractivity contribution >= 4 is 59.2 Å². The van der Waals surface area contributed by atoms with Gasteiger partial charge in [0.2, 0.25) is 36.0 Å². The normalized spacial score (nSPS) is 19.1. The fourth-order valence-electron chi connectivity index (χ4n) is 3.91. The Morgan fingerprint density at radius 2 is 1.50 bits per heavy atom. The Bertz CT molecular complexity index is 1490. The molecule has 1 saturated heterocycles. The number of halogens is 2. The summed E-state index contributed by atoms with van der Waals surface area (Å²) in [7, 11) is -11.6. The van der Waals surface area contributed by atoms with Gasteiger partial charge in [0.15, 0.2) is 0 Å². The van der Waals surface area contributed by atoms with Gasteiger partial charge < -0.3 is 0 Å². The number of hydrogen-bond donors (Lipinski definition) is 2. The predicted molar refractivity (Wildman–Crippen MR) is 145 cm³/mol. The van der Waals surface area contributed by atoms with E-state index in [2.05, 4.69) is 4.72 Å². The average molecular weight is 625 g/mol.